The van der Waals surface area contributed by atoms with Gasteiger partial charge in [-0.3, -0.25) is 15.4 Å². The van der Waals surface area contributed by atoms with Crippen molar-refractivity contribution in [3.05, 3.63) is 107 Å². The van der Waals surface area contributed by atoms with Crippen LogP contribution in [0.1, 0.15) is 22.5 Å². The Balaban J connectivity index is 1.45. The number of fused-ring (bicyclic) bond motifs is 1. The minimum absolute atomic E-state index is 0.161. The highest BCUT2D eigenvalue weighted by atomic mass is 19.1. The summed E-state index contributed by atoms with van der Waals surface area (Å²) in [7, 11) is 0. The highest BCUT2D eigenvalue weighted by molar-refractivity contribution is 6.10. The third-order valence-corrected chi connectivity index (χ3v) is 5.24. The number of halogens is 1. The topological polar surface area (TPSA) is 87.7 Å². The maximum absolute atomic E-state index is 14.8. The minimum atomic E-state index is -0.784. The molecule has 160 valence electrons. The molecule has 2 aromatic heterocycles. The molecule has 0 aliphatic heterocycles. The summed E-state index contributed by atoms with van der Waals surface area (Å²) in [6.45, 7) is 4.22. The van der Waals surface area contributed by atoms with E-state index >= 15 is 0 Å². The van der Waals surface area contributed by atoms with Crippen molar-refractivity contribution in [2.75, 3.05) is 0 Å². The van der Waals surface area contributed by atoms with Gasteiger partial charge in [-0.1, -0.05) is 36.4 Å². The van der Waals surface area contributed by atoms with Crippen molar-refractivity contribution in [1.29, 1.82) is 5.41 Å². The number of benzene rings is 2. The lowest BCUT2D eigenvalue weighted by atomic mass is 10.0. The number of rotatable bonds is 6. The van der Waals surface area contributed by atoms with Crippen LogP contribution in [-0.2, 0) is 6.54 Å². The summed E-state index contributed by atoms with van der Waals surface area (Å²) in [4.78, 5) is 8.65. The fraction of sp³-hybridized carbons (Fsp3) is 0.115. The van der Waals surface area contributed by atoms with Crippen LogP contribution in [0.3, 0.4) is 0 Å². The fourth-order valence-corrected chi connectivity index (χ4v) is 3.46. The molecule has 0 atom stereocenters. The molecule has 4 N–H and O–H groups in total. The van der Waals surface area contributed by atoms with Crippen LogP contribution < -0.4 is 11.1 Å². The van der Waals surface area contributed by atoms with Gasteiger partial charge >= 0.3 is 0 Å². The van der Waals surface area contributed by atoms with Crippen LogP contribution in [-0.4, -0.2) is 15.7 Å². The van der Waals surface area contributed by atoms with Gasteiger partial charge in [0.25, 0.3) is 0 Å². The molecule has 2 aromatic carbocycles. The van der Waals surface area contributed by atoms with Crippen molar-refractivity contribution >= 4 is 16.6 Å². The zero-order chi connectivity index (χ0) is 22.7. The molecule has 0 amide bonds. The number of aryl methyl sites for hydroxylation is 2. The Labute approximate surface area is 186 Å². The molecule has 4 rings (SSSR count). The second-order valence-electron chi connectivity index (χ2n) is 7.70. The van der Waals surface area contributed by atoms with E-state index in [2.05, 4.69) is 15.3 Å². The van der Waals surface area contributed by atoms with Crippen LogP contribution in [0.4, 0.5) is 4.39 Å². The van der Waals surface area contributed by atoms with Gasteiger partial charge < -0.3 is 11.1 Å². The van der Waals surface area contributed by atoms with Crippen molar-refractivity contribution in [1.82, 2.24) is 15.3 Å². The Morgan fingerprint density at radius 1 is 0.938 bits per heavy atom. The average molecular weight is 426 g/mol. The number of hydrogen-bond donors (Lipinski definition) is 3. The fourth-order valence-electron chi connectivity index (χ4n) is 3.46. The van der Waals surface area contributed by atoms with Crippen molar-refractivity contribution in [2.45, 2.75) is 20.4 Å². The van der Waals surface area contributed by atoms with Gasteiger partial charge in [0.15, 0.2) is 5.83 Å². The molecule has 0 fully saturated rings. The molecular formula is C26H24FN5. The number of nitrogens with zero attached hydrogens (tertiary/aromatic N) is 2. The Bertz CT molecular complexity index is 1330. The molecule has 0 bridgehead atoms. The van der Waals surface area contributed by atoms with Crippen molar-refractivity contribution in [3.63, 3.8) is 0 Å². The molecule has 6 heteroatoms. The first-order valence-electron chi connectivity index (χ1n) is 10.3. The number of nitrogens with one attached hydrogen (secondary N) is 2. The van der Waals surface area contributed by atoms with Crippen molar-refractivity contribution in [2.24, 2.45) is 5.73 Å². The molecule has 4 aromatic rings. The normalized spacial score (nSPS) is 11.8. The number of nitrogens with two attached hydrogens (primary N) is 1. The first-order chi connectivity index (χ1) is 15.4. The summed E-state index contributed by atoms with van der Waals surface area (Å²) in [5.41, 5.74) is 11.9. The van der Waals surface area contributed by atoms with Crippen molar-refractivity contribution < 1.29 is 4.39 Å². The maximum atomic E-state index is 14.8. The quantitative estimate of drug-likeness (QED) is 0.372. The molecule has 0 radical (unpaired) electrons. The van der Waals surface area contributed by atoms with E-state index in [-0.39, 0.29) is 11.5 Å². The molecule has 0 saturated carbocycles. The van der Waals surface area contributed by atoms with Crippen LogP contribution >= 0.6 is 0 Å². The monoisotopic (exact) mass is 425 g/mol. The average Bonchev–Trinajstić information content (AvgIpc) is 2.81. The van der Waals surface area contributed by atoms with E-state index in [9.17, 15) is 4.39 Å². The smallest absolute Gasteiger partial charge is 0.188 e. The molecular weight excluding hydrogens is 401 g/mol. The van der Waals surface area contributed by atoms with Gasteiger partial charge in [-0.05, 0) is 60.9 Å². The van der Waals surface area contributed by atoms with Gasteiger partial charge in [0.2, 0.25) is 0 Å². The molecule has 5 nitrogen and oxygen atoms in total. The lowest BCUT2D eigenvalue weighted by Gasteiger charge is -2.11. The van der Waals surface area contributed by atoms with E-state index in [1.165, 1.54) is 0 Å². The molecule has 0 spiro atoms. The first kappa shape index (κ1) is 21.2. The van der Waals surface area contributed by atoms with Crippen LogP contribution in [0.25, 0.3) is 22.0 Å². The minimum Gasteiger partial charge on any atom is -0.383 e. The van der Waals surface area contributed by atoms with Gasteiger partial charge in [-0.15, -0.1) is 0 Å². The Kier molecular flexibility index (Phi) is 5.94. The zero-order valence-electron chi connectivity index (χ0n) is 18.0. The number of pyridine rings is 2. The summed E-state index contributed by atoms with van der Waals surface area (Å²) in [6.07, 6.45) is 1.79. The second kappa shape index (κ2) is 8.98. The van der Waals surface area contributed by atoms with Gasteiger partial charge in [0.05, 0.1) is 5.52 Å². The van der Waals surface area contributed by atoms with E-state index in [1.54, 1.807) is 24.4 Å². The molecule has 0 unspecified atom stereocenters. The summed E-state index contributed by atoms with van der Waals surface area (Å²) < 4.78 is 14.8. The number of aromatic nitrogens is 2. The Morgan fingerprint density at radius 2 is 1.72 bits per heavy atom. The van der Waals surface area contributed by atoms with Gasteiger partial charge in [-0.2, -0.15) is 0 Å². The van der Waals surface area contributed by atoms with Crippen LogP contribution in [0.2, 0.25) is 0 Å². The van der Waals surface area contributed by atoms with Gasteiger partial charge in [0, 0.05) is 35.1 Å². The van der Waals surface area contributed by atoms with Crippen LogP contribution in [0.15, 0.2) is 84.6 Å². The van der Waals surface area contributed by atoms with Crippen molar-refractivity contribution in [3.8, 4) is 11.1 Å². The molecule has 0 saturated heterocycles. The largest absolute Gasteiger partial charge is 0.383 e. The summed E-state index contributed by atoms with van der Waals surface area (Å²) in [6, 6.07) is 21.0. The SMILES string of the molecule is Cc1cc(-c2ccc(CN/C(N)=C(\F)C(=N)c3ccc4nc(C)ccc4c3)cc2)ccn1. The number of allylic oxidation sites excluding steroid dienone is 1. The number of hydrogen-bond acceptors (Lipinski definition) is 5. The summed E-state index contributed by atoms with van der Waals surface area (Å²) in [5, 5.41) is 12.0. The molecule has 0 aliphatic carbocycles. The molecule has 32 heavy (non-hydrogen) atoms. The summed E-state index contributed by atoms with van der Waals surface area (Å²) >= 11 is 0. The zero-order valence-corrected chi connectivity index (χ0v) is 18.0. The maximum Gasteiger partial charge on any atom is 0.188 e. The highest BCUT2D eigenvalue weighted by Gasteiger charge is 2.13. The molecule has 0 aliphatic rings. The first-order valence-corrected chi connectivity index (χ1v) is 10.3. The predicted molar refractivity (Wildman–Crippen MR) is 127 cm³/mol. The van der Waals surface area contributed by atoms with E-state index in [0.717, 1.165) is 39.0 Å². The van der Waals surface area contributed by atoms with Crippen LogP contribution in [0.5, 0.6) is 0 Å². The van der Waals surface area contributed by atoms with Gasteiger partial charge in [0.1, 0.15) is 11.5 Å². The predicted octanol–water partition coefficient (Wildman–Crippen LogP) is 5.17. The second-order valence-corrected chi connectivity index (χ2v) is 7.70. The van der Waals surface area contributed by atoms with E-state index < -0.39 is 5.83 Å². The standard InChI is InChI=1S/C26H24FN5/c1-16-3-6-21-14-22(9-10-23(21)32-16)25(28)24(27)26(29)31-15-18-4-7-19(8-5-18)20-11-12-30-17(2)13-20/h3-14,28,31H,15,29H2,1-2H3/b26-24-,28-25?. The Hall–Kier alpha value is -4.06. The highest BCUT2D eigenvalue weighted by Crippen LogP contribution is 2.21. The third-order valence-electron chi connectivity index (χ3n) is 5.24. The molecule has 2 heterocycles. The van der Waals surface area contributed by atoms with Gasteiger partial charge in [-0.25, -0.2) is 4.39 Å². The lowest BCUT2D eigenvalue weighted by molar-refractivity contribution is 0.637. The van der Waals surface area contributed by atoms with E-state index in [0.29, 0.717) is 12.1 Å². The third kappa shape index (κ3) is 4.64. The Morgan fingerprint density at radius 3 is 2.47 bits per heavy atom. The van der Waals surface area contributed by atoms with E-state index in [1.807, 2.05) is 62.4 Å². The summed E-state index contributed by atoms with van der Waals surface area (Å²) in [5.74, 6) is -0.945. The van der Waals surface area contributed by atoms with Crippen LogP contribution in [0, 0.1) is 19.3 Å². The van der Waals surface area contributed by atoms with E-state index in [4.69, 9.17) is 11.1 Å². The lowest BCUT2D eigenvalue weighted by Crippen LogP contribution is -2.23.